The lowest BCUT2D eigenvalue weighted by atomic mass is 10.1. The number of carbonyl (C=O) groups is 2. The number of ether oxygens (including phenoxy) is 2. The Morgan fingerprint density at radius 1 is 1.35 bits per heavy atom. The summed E-state index contributed by atoms with van der Waals surface area (Å²) < 4.78 is 15.7. The summed E-state index contributed by atoms with van der Waals surface area (Å²) in [7, 11) is 3.00. The standard InChI is InChI=1S/C18H19ClN2O5/c1-24-15-8-16(25-2)14(7-13(15)19)21-10-11(6-17(21)22)18(23)20-9-12-4-3-5-26-12/h3-5,7-8,11H,6,9-10H2,1-2H3,(H,20,23). The number of nitrogens with one attached hydrogen (secondary N) is 1. The molecule has 0 saturated carbocycles. The molecule has 0 radical (unpaired) electrons. The van der Waals surface area contributed by atoms with E-state index in [1.165, 1.54) is 19.1 Å². The van der Waals surface area contributed by atoms with Crippen molar-refractivity contribution in [2.75, 3.05) is 25.7 Å². The number of halogens is 1. The van der Waals surface area contributed by atoms with Crippen LogP contribution in [0.25, 0.3) is 0 Å². The molecule has 2 aromatic rings. The summed E-state index contributed by atoms with van der Waals surface area (Å²) in [5.74, 6) is 0.743. The normalized spacial score (nSPS) is 16.7. The minimum Gasteiger partial charge on any atom is -0.495 e. The minimum absolute atomic E-state index is 0.122. The van der Waals surface area contributed by atoms with E-state index in [4.69, 9.17) is 25.5 Å². The first-order valence-corrected chi connectivity index (χ1v) is 8.43. The van der Waals surface area contributed by atoms with Crippen molar-refractivity contribution >= 4 is 29.1 Å². The van der Waals surface area contributed by atoms with Crippen molar-refractivity contribution in [3.63, 3.8) is 0 Å². The third-order valence-electron chi connectivity index (χ3n) is 4.26. The first-order chi connectivity index (χ1) is 12.5. The highest BCUT2D eigenvalue weighted by atomic mass is 35.5. The molecule has 1 aromatic heterocycles. The number of nitrogens with zero attached hydrogens (tertiary/aromatic N) is 1. The highest BCUT2D eigenvalue weighted by Gasteiger charge is 2.36. The predicted octanol–water partition coefficient (Wildman–Crippen LogP) is 2.62. The van der Waals surface area contributed by atoms with Gasteiger partial charge in [0, 0.05) is 19.0 Å². The average Bonchev–Trinajstić information content (AvgIpc) is 3.29. The Morgan fingerprint density at radius 2 is 2.12 bits per heavy atom. The van der Waals surface area contributed by atoms with Crippen molar-refractivity contribution in [1.29, 1.82) is 0 Å². The largest absolute Gasteiger partial charge is 0.495 e. The minimum atomic E-state index is -0.456. The summed E-state index contributed by atoms with van der Waals surface area (Å²) in [4.78, 5) is 26.3. The van der Waals surface area contributed by atoms with E-state index in [9.17, 15) is 9.59 Å². The zero-order chi connectivity index (χ0) is 18.7. The van der Waals surface area contributed by atoms with E-state index in [0.717, 1.165) is 0 Å². The first-order valence-electron chi connectivity index (χ1n) is 8.05. The monoisotopic (exact) mass is 378 g/mol. The molecule has 1 aromatic carbocycles. The third-order valence-corrected chi connectivity index (χ3v) is 4.55. The summed E-state index contributed by atoms with van der Waals surface area (Å²) in [6.07, 6.45) is 1.67. The molecule has 1 N–H and O–H groups in total. The fourth-order valence-corrected chi connectivity index (χ4v) is 3.14. The number of hydrogen-bond acceptors (Lipinski definition) is 5. The molecule has 1 saturated heterocycles. The Labute approximate surface area is 155 Å². The van der Waals surface area contributed by atoms with Crippen molar-refractivity contribution in [2.45, 2.75) is 13.0 Å². The third kappa shape index (κ3) is 3.62. The molecule has 1 atom stereocenters. The lowest BCUT2D eigenvalue weighted by Gasteiger charge is -2.21. The van der Waals surface area contributed by atoms with Gasteiger partial charge in [0.25, 0.3) is 0 Å². The van der Waals surface area contributed by atoms with Crippen LogP contribution in [0.4, 0.5) is 5.69 Å². The van der Waals surface area contributed by atoms with Crippen molar-refractivity contribution in [3.05, 3.63) is 41.3 Å². The SMILES string of the molecule is COc1cc(OC)c(N2CC(C(=O)NCc3ccco3)CC2=O)cc1Cl. The fourth-order valence-electron chi connectivity index (χ4n) is 2.90. The van der Waals surface area contributed by atoms with Crippen molar-refractivity contribution in [2.24, 2.45) is 5.92 Å². The molecule has 8 heteroatoms. The number of amides is 2. The van der Waals surface area contributed by atoms with E-state index in [1.54, 1.807) is 30.5 Å². The Hall–Kier alpha value is -2.67. The van der Waals surface area contributed by atoms with E-state index in [1.807, 2.05) is 0 Å². The number of hydrogen-bond donors (Lipinski definition) is 1. The van der Waals surface area contributed by atoms with Gasteiger partial charge in [0.05, 0.1) is 43.7 Å². The first kappa shape index (κ1) is 18.1. The lowest BCUT2D eigenvalue weighted by molar-refractivity contribution is -0.126. The van der Waals surface area contributed by atoms with Crippen LogP contribution in [0.5, 0.6) is 11.5 Å². The molecule has 0 spiro atoms. The van der Waals surface area contributed by atoms with Crippen LogP contribution in [-0.2, 0) is 16.1 Å². The van der Waals surface area contributed by atoms with Gasteiger partial charge in [-0.1, -0.05) is 11.6 Å². The maximum atomic E-state index is 12.5. The topological polar surface area (TPSA) is 81.0 Å². The van der Waals surface area contributed by atoms with Crippen LogP contribution >= 0.6 is 11.6 Å². The van der Waals surface area contributed by atoms with Gasteiger partial charge in [-0.3, -0.25) is 9.59 Å². The van der Waals surface area contributed by atoms with Gasteiger partial charge in [-0.05, 0) is 18.2 Å². The summed E-state index contributed by atoms with van der Waals surface area (Å²) in [5.41, 5.74) is 0.518. The molecule has 26 heavy (non-hydrogen) atoms. The van der Waals surface area contributed by atoms with E-state index < -0.39 is 5.92 Å². The number of rotatable bonds is 6. The molecule has 7 nitrogen and oxygen atoms in total. The van der Waals surface area contributed by atoms with Gasteiger partial charge in [-0.2, -0.15) is 0 Å². The Balaban J connectivity index is 1.73. The zero-order valence-electron chi connectivity index (χ0n) is 14.5. The average molecular weight is 379 g/mol. The van der Waals surface area contributed by atoms with Crippen LogP contribution in [0.2, 0.25) is 5.02 Å². The molecule has 1 aliphatic rings. The molecule has 138 valence electrons. The molecular weight excluding hydrogens is 360 g/mol. The van der Waals surface area contributed by atoms with Crippen LogP contribution < -0.4 is 19.7 Å². The second kappa shape index (κ2) is 7.70. The molecule has 1 aliphatic heterocycles. The second-order valence-corrected chi connectivity index (χ2v) is 6.27. The summed E-state index contributed by atoms with van der Waals surface area (Å²) >= 11 is 6.18. The fraction of sp³-hybridized carbons (Fsp3) is 0.333. The van der Waals surface area contributed by atoms with E-state index >= 15 is 0 Å². The van der Waals surface area contributed by atoms with E-state index in [0.29, 0.717) is 28.0 Å². The Kier molecular flexibility index (Phi) is 5.37. The maximum absolute atomic E-state index is 12.5. The summed E-state index contributed by atoms with van der Waals surface area (Å²) in [5, 5.41) is 3.15. The van der Waals surface area contributed by atoms with Gasteiger partial charge >= 0.3 is 0 Å². The quantitative estimate of drug-likeness (QED) is 0.835. The molecule has 0 aliphatic carbocycles. The van der Waals surface area contributed by atoms with Crippen LogP contribution in [0, 0.1) is 5.92 Å². The van der Waals surface area contributed by atoms with Crippen molar-refractivity contribution in [3.8, 4) is 11.5 Å². The van der Waals surface area contributed by atoms with Gasteiger partial charge in [0.2, 0.25) is 11.8 Å². The van der Waals surface area contributed by atoms with Gasteiger partial charge in [0.1, 0.15) is 17.3 Å². The van der Waals surface area contributed by atoms with Gasteiger partial charge in [-0.25, -0.2) is 0 Å². The lowest BCUT2D eigenvalue weighted by Crippen LogP contribution is -2.32. The number of methoxy groups -OCH3 is 2. The van der Waals surface area contributed by atoms with E-state index in [2.05, 4.69) is 5.32 Å². The van der Waals surface area contributed by atoms with E-state index in [-0.39, 0.29) is 31.3 Å². The van der Waals surface area contributed by atoms with Crippen LogP contribution in [0.1, 0.15) is 12.2 Å². The van der Waals surface area contributed by atoms with Gasteiger partial charge < -0.3 is 24.1 Å². The highest BCUT2D eigenvalue weighted by Crippen LogP contribution is 2.40. The number of benzene rings is 1. The Bertz CT molecular complexity index is 806. The molecule has 3 rings (SSSR count). The number of furan rings is 1. The summed E-state index contributed by atoms with van der Waals surface area (Å²) in [6.45, 7) is 0.538. The molecule has 1 fully saturated rings. The maximum Gasteiger partial charge on any atom is 0.227 e. The molecule has 0 bridgehead atoms. The van der Waals surface area contributed by atoms with Gasteiger partial charge in [-0.15, -0.1) is 0 Å². The molecule has 2 amide bonds. The highest BCUT2D eigenvalue weighted by molar-refractivity contribution is 6.32. The van der Waals surface area contributed by atoms with Crippen LogP contribution in [0.15, 0.2) is 34.9 Å². The van der Waals surface area contributed by atoms with Crippen molar-refractivity contribution in [1.82, 2.24) is 5.32 Å². The number of anilines is 1. The number of carbonyl (C=O) groups excluding carboxylic acids is 2. The molecular formula is C18H19ClN2O5. The smallest absolute Gasteiger partial charge is 0.227 e. The molecule has 1 unspecified atom stereocenters. The van der Waals surface area contributed by atoms with Crippen LogP contribution in [-0.4, -0.2) is 32.6 Å². The van der Waals surface area contributed by atoms with Crippen LogP contribution in [0.3, 0.4) is 0 Å². The van der Waals surface area contributed by atoms with Crippen molar-refractivity contribution < 1.29 is 23.5 Å². The zero-order valence-corrected chi connectivity index (χ0v) is 15.2. The predicted molar refractivity (Wildman–Crippen MR) is 95.6 cm³/mol. The van der Waals surface area contributed by atoms with Gasteiger partial charge in [0.15, 0.2) is 0 Å². The molecule has 2 heterocycles. The summed E-state index contributed by atoms with van der Waals surface area (Å²) in [6, 6.07) is 6.76. The Morgan fingerprint density at radius 3 is 2.77 bits per heavy atom. The second-order valence-electron chi connectivity index (χ2n) is 5.86.